The predicted octanol–water partition coefficient (Wildman–Crippen LogP) is 2.87. The fourth-order valence-corrected chi connectivity index (χ4v) is 4.95. The average molecular weight is 468 g/mol. The van der Waals surface area contributed by atoms with Gasteiger partial charge in [0.2, 0.25) is 10.0 Å². The Morgan fingerprint density at radius 1 is 1.09 bits per heavy atom. The van der Waals surface area contributed by atoms with Gasteiger partial charge in [-0.1, -0.05) is 30.3 Å². The third-order valence-corrected chi connectivity index (χ3v) is 6.77. The van der Waals surface area contributed by atoms with Crippen LogP contribution in [0, 0.1) is 0 Å². The average Bonchev–Trinajstić information content (AvgIpc) is 3.22. The second kappa shape index (κ2) is 9.11. The van der Waals surface area contributed by atoms with Gasteiger partial charge < -0.3 is 9.47 Å². The molecule has 0 unspecified atom stereocenters. The van der Waals surface area contributed by atoms with Crippen molar-refractivity contribution in [3.63, 3.8) is 0 Å². The summed E-state index contributed by atoms with van der Waals surface area (Å²) in [6.45, 7) is -0.469. The van der Waals surface area contributed by atoms with Crippen LogP contribution in [0.4, 0.5) is 5.69 Å². The van der Waals surface area contributed by atoms with E-state index in [-0.39, 0.29) is 5.69 Å². The molecule has 0 aliphatic heterocycles. The largest absolute Gasteiger partial charge is 0.497 e. The molecule has 0 radical (unpaired) electrons. The van der Waals surface area contributed by atoms with Crippen LogP contribution < -0.4 is 19.2 Å². The van der Waals surface area contributed by atoms with Gasteiger partial charge in [-0.25, -0.2) is 13.8 Å². The summed E-state index contributed by atoms with van der Waals surface area (Å²) in [4.78, 5) is 12.6. The standard InChI is InChI=1S/C24H25N3O5S/c1-31-19-11-12-22(32-2)21(13-19)27(33(3,29)30)15-23(28)26-25-14-18-10-9-17-8-7-16-5-4-6-20(18)24(16)17/h4-6,9-14H,7-8,15H2,1-3H3,(H,26,28)/b25-14-. The molecule has 1 amide bonds. The number of amides is 1. The van der Waals surface area contributed by atoms with Crippen LogP contribution >= 0.6 is 0 Å². The number of aryl methyl sites for hydroxylation is 2. The molecule has 1 aliphatic carbocycles. The van der Waals surface area contributed by atoms with Crippen LogP contribution in [0.2, 0.25) is 0 Å². The summed E-state index contributed by atoms with van der Waals surface area (Å²) in [7, 11) is -0.899. The van der Waals surface area contributed by atoms with Gasteiger partial charge in [0, 0.05) is 11.6 Å². The van der Waals surface area contributed by atoms with E-state index in [4.69, 9.17) is 9.47 Å². The summed E-state index contributed by atoms with van der Waals surface area (Å²) >= 11 is 0. The molecule has 8 nitrogen and oxygen atoms in total. The highest BCUT2D eigenvalue weighted by Crippen LogP contribution is 2.34. The van der Waals surface area contributed by atoms with E-state index in [0.717, 1.165) is 34.4 Å². The van der Waals surface area contributed by atoms with Crippen LogP contribution in [0.3, 0.4) is 0 Å². The third-order valence-electron chi connectivity index (χ3n) is 5.65. The Kier molecular flexibility index (Phi) is 6.24. The molecule has 4 rings (SSSR count). The zero-order valence-electron chi connectivity index (χ0n) is 18.7. The van der Waals surface area contributed by atoms with Crippen molar-refractivity contribution < 1.29 is 22.7 Å². The van der Waals surface area contributed by atoms with Crippen molar-refractivity contribution in [2.45, 2.75) is 12.8 Å². The molecule has 172 valence electrons. The summed E-state index contributed by atoms with van der Waals surface area (Å²) in [6, 6.07) is 15.0. The van der Waals surface area contributed by atoms with Gasteiger partial charge in [0.1, 0.15) is 18.0 Å². The molecule has 3 aromatic rings. The number of methoxy groups -OCH3 is 2. The van der Waals surface area contributed by atoms with E-state index in [2.05, 4.69) is 22.7 Å². The molecule has 0 spiro atoms. The first-order valence-corrected chi connectivity index (χ1v) is 12.2. The van der Waals surface area contributed by atoms with Crippen molar-refractivity contribution in [2.75, 3.05) is 31.3 Å². The Morgan fingerprint density at radius 2 is 1.85 bits per heavy atom. The number of hydrazone groups is 1. The number of benzene rings is 3. The number of ether oxygens (including phenoxy) is 2. The molecule has 0 saturated heterocycles. The molecule has 0 fully saturated rings. The fourth-order valence-electron chi connectivity index (χ4n) is 4.09. The second-order valence-electron chi connectivity index (χ2n) is 7.75. The van der Waals surface area contributed by atoms with Crippen molar-refractivity contribution in [1.82, 2.24) is 5.43 Å². The summed E-state index contributed by atoms with van der Waals surface area (Å²) < 4.78 is 36.3. The fraction of sp³-hybridized carbons (Fsp3) is 0.250. The predicted molar refractivity (Wildman–Crippen MR) is 129 cm³/mol. The zero-order valence-corrected chi connectivity index (χ0v) is 19.5. The van der Waals surface area contributed by atoms with Crippen LogP contribution in [-0.2, 0) is 27.7 Å². The van der Waals surface area contributed by atoms with Crippen molar-refractivity contribution in [3.05, 3.63) is 65.2 Å². The van der Waals surface area contributed by atoms with E-state index < -0.39 is 22.5 Å². The molecule has 1 N–H and O–H groups in total. The molecular formula is C24H25N3O5S. The van der Waals surface area contributed by atoms with Crippen LogP contribution in [0.15, 0.2) is 53.6 Å². The van der Waals surface area contributed by atoms with E-state index in [1.807, 2.05) is 18.2 Å². The lowest BCUT2D eigenvalue weighted by atomic mass is 10.0. The molecule has 0 aromatic heterocycles. The smallest absolute Gasteiger partial charge is 0.260 e. The maximum Gasteiger partial charge on any atom is 0.260 e. The van der Waals surface area contributed by atoms with Crippen molar-refractivity contribution in [2.24, 2.45) is 5.10 Å². The Hall–Kier alpha value is -3.59. The first kappa shape index (κ1) is 22.6. The Labute approximate surface area is 192 Å². The maximum absolute atomic E-state index is 12.6. The SMILES string of the molecule is COc1ccc(OC)c(N(CC(=O)N/N=C\c2ccc3c4c(cccc24)CC3)S(C)(=O)=O)c1. The number of sulfonamides is 1. The highest BCUT2D eigenvalue weighted by Gasteiger charge is 2.24. The highest BCUT2D eigenvalue weighted by atomic mass is 32.2. The number of nitrogens with one attached hydrogen (secondary N) is 1. The van der Waals surface area contributed by atoms with E-state index in [0.29, 0.717) is 11.5 Å². The minimum atomic E-state index is -3.79. The maximum atomic E-state index is 12.6. The van der Waals surface area contributed by atoms with Crippen LogP contribution in [0.25, 0.3) is 10.8 Å². The number of hydrogen-bond acceptors (Lipinski definition) is 6. The minimum absolute atomic E-state index is 0.200. The van der Waals surface area contributed by atoms with E-state index in [1.165, 1.54) is 36.8 Å². The summed E-state index contributed by atoms with van der Waals surface area (Å²) in [5.74, 6) is 0.142. The van der Waals surface area contributed by atoms with Crippen LogP contribution in [-0.4, -0.2) is 47.6 Å². The molecule has 0 atom stereocenters. The van der Waals surface area contributed by atoms with Crippen LogP contribution in [0.1, 0.15) is 16.7 Å². The normalized spacial score (nSPS) is 12.8. The van der Waals surface area contributed by atoms with Gasteiger partial charge in [-0.05, 0) is 46.9 Å². The van der Waals surface area contributed by atoms with Crippen LogP contribution in [0.5, 0.6) is 11.5 Å². The summed E-state index contributed by atoms with van der Waals surface area (Å²) in [5.41, 5.74) is 6.15. The molecule has 1 aliphatic rings. The van der Waals surface area contributed by atoms with E-state index in [1.54, 1.807) is 18.3 Å². The molecule has 33 heavy (non-hydrogen) atoms. The van der Waals surface area contributed by atoms with Crippen molar-refractivity contribution >= 4 is 38.6 Å². The monoisotopic (exact) mass is 467 g/mol. The Bertz CT molecular complexity index is 1340. The lowest BCUT2D eigenvalue weighted by molar-refractivity contribution is -0.119. The topological polar surface area (TPSA) is 97.3 Å². The van der Waals surface area contributed by atoms with E-state index in [9.17, 15) is 13.2 Å². The number of nitrogens with zero attached hydrogens (tertiary/aromatic N) is 2. The van der Waals surface area contributed by atoms with Gasteiger partial charge in [-0.3, -0.25) is 9.10 Å². The molecule has 9 heteroatoms. The third kappa shape index (κ3) is 4.63. The molecule has 0 heterocycles. The first-order valence-electron chi connectivity index (χ1n) is 10.4. The first-order chi connectivity index (χ1) is 15.8. The van der Waals surface area contributed by atoms with Crippen molar-refractivity contribution in [1.29, 1.82) is 0 Å². The molecule has 0 saturated carbocycles. The Balaban J connectivity index is 1.54. The molecular weight excluding hydrogens is 442 g/mol. The Morgan fingerprint density at radius 3 is 2.55 bits per heavy atom. The van der Waals surface area contributed by atoms with Gasteiger partial charge in [-0.15, -0.1) is 0 Å². The quantitative estimate of drug-likeness (QED) is 0.406. The van der Waals surface area contributed by atoms with Gasteiger partial charge in [0.05, 0.1) is 32.4 Å². The van der Waals surface area contributed by atoms with Crippen molar-refractivity contribution in [3.8, 4) is 11.5 Å². The summed E-state index contributed by atoms with van der Waals surface area (Å²) in [5, 5.41) is 6.41. The second-order valence-corrected chi connectivity index (χ2v) is 9.66. The number of rotatable bonds is 8. The van der Waals surface area contributed by atoms with Gasteiger partial charge in [0.15, 0.2) is 0 Å². The zero-order chi connectivity index (χ0) is 23.6. The number of anilines is 1. The number of hydrogen-bond donors (Lipinski definition) is 1. The summed E-state index contributed by atoms with van der Waals surface area (Å²) in [6.07, 6.45) is 4.66. The van der Waals surface area contributed by atoms with E-state index >= 15 is 0 Å². The lowest BCUT2D eigenvalue weighted by Crippen LogP contribution is -2.39. The van der Waals surface area contributed by atoms with Gasteiger partial charge in [-0.2, -0.15) is 5.10 Å². The molecule has 3 aromatic carbocycles. The number of carbonyl (C=O) groups excluding carboxylic acids is 1. The highest BCUT2D eigenvalue weighted by molar-refractivity contribution is 7.92. The lowest BCUT2D eigenvalue weighted by Gasteiger charge is -2.23. The minimum Gasteiger partial charge on any atom is -0.497 e. The van der Waals surface area contributed by atoms with Gasteiger partial charge >= 0.3 is 0 Å². The van der Waals surface area contributed by atoms with Gasteiger partial charge in [0.25, 0.3) is 5.91 Å². The molecule has 0 bridgehead atoms. The number of carbonyl (C=O) groups is 1.